The molecule has 0 aromatic rings. The molecular formula is C14H29ClOSi. The second-order valence-electron chi connectivity index (χ2n) is 5.99. The molecule has 0 heterocycles. The Balaban J connectivity index is 3.52. The fourth-order valence-corrected chi connectivity index (χ4v) is 4.10. The second-order valence-corrected chi connectivity index (χ2v) is 11.5. The molecule has 0 rings (SSSR count). The highest BCUT2D eigenvalue weighted by molar-refractivity contribution is 7.05. The van der Waals surface area contributed by atoms with Crippen molar-refractivity contribution < 1.29 is 4.79 Å². The van der Waals surface area contributed by atoms with Crippen molar-refractivity contribution in [2.75, 3.05) is 0 Å². The monoisotopic (exact) mass is 276 g/mol. The van der Waals surface area contributed by atoms with Crippen LogP contribution in [0.4, 0.5) is 0 Å². The molecule has 0 aromatic carbocycles. The van der Waals surface area contributed by atoms with Gasteiger partial charge < -0.3 is 4.79 Å². The topological polar surface area (TPSA) is 17.1 Å². The van der Waals surface area contributed by atoms with Gasteiger partial charge in [-0.2, -0.15) is 0 Å². The Bertz CT molecular complexity index is 211. The van der Waals surface area contributed by atoms with E-state index in [-0.39, 0.29) is 5.38 Å². The predicted molar refractivity (Wildman–Crippen MR) is 80.6 cm³/mol. The van der Waals surface area contributed by atoms with Crippen molar-refractivity contribution >= 4 is 25.1 Å². The average Bonchev–Trinajstić information content (AvgIpc) is 2.25. The summed E-state index contributed by atoms with van der Waals surface area (Å²) >= 11 is 6.16. The van der Waals surface area contributed by atoms with Crippen LogP contribution in [0.5, 0.6) is 0 Å². The van der Waals surface area contributed by atoms with E-state index >= 15 is 0 Å². The summed E-state index contributed by atoms with van der Waals surface area (Å²) in [5.41, 5.74) is 0. The summed E-state index contributed by atoms with van der Waals surface area (Å²) in [5, 5.41) is 0.0995. The van der Waals surface area contributed by atoms with E-state index in [2.05, 4.69) is 26.6 Å². The first-order valence-electron chi connectivity index (χ1n) is 7.08. The molecule has 0 aliphatic carbocycles. The van der Waals surface area contributed by atoms with E-state index in [1.54, 1.807) is 0 Å². The number of unbranched alkanes of at least 4 members (excludes halogenated alkanes) is 6. The highest BCUT2D eigenvalue weighted by Gasteiger charge is 2.29. The molecular weight excluding hydrogens is 248 g/mol. The number of carbonyl (C=O) groups excluding carboxylic acids is 1. The molecule has 0 N–H and O–H groups in total. The number of carbonyl (C=O) groups is 1. The first-order chi connectivity index (χ1) is 7.89. The van der Waals surface area contributed by atoms with Crippen LogP contribution in [0.2, 0.25) is 19.6 Å². The fraction of sp³-hybridized carbons (Fsp3) is 0.929. The third-order valence-electron chi connectivity index (χ3n) is 3.08. The zero-order chi connectivity index (χ0) is 13.3. The molecule has 0 aliphatic rings. The molecule has 0 bridgehead atoms. The molecule has 0 saturated heterocycles. The van der Waals surface area contributed by atoms with E-state index in [1.165, 1.54) is 38.5 Å². The lowest BCUT2D eigenvalue weighted by atomic mass is 10.1. The summed E-state index contributed by atoms with van der Waals surface area (Å²) in [6.45, 7) is 8.47. The summed E-state index contributed by atoms with van der Waals surface area (Å²) in [6, 6.07) is 0. The quantitative estimate of drug-likeness (QED) is 0.305. The van der Waals surface area contributed by atoms with Gasteiger partial charge in [0.1, 0.15) is 13.5 Å². The third-order valence-corrected chi connectivity index (χ3v) is 5.51. The highest BCUT2D eigenvalue weighted by Crippen LogP contribution is 2.17. The number of hydrogen-bond acceptors (Lipinski definition) is 1. The number of alkyl halides is 1. The first-order valence-corrected chi connectivity index (χ1v) is 11.0. The Morgan fingerprint density at radius 1 is 1.00 bits per heavy atom. The molecule has 3 heteroatoms. The predicted octanol–water partition coefficient (Wildman–Crippen LogP) is 5.18. The Hall–Kier alpha value is 0.177. The van der Waals surface area contributed by atoms with Gasteiger partial charge in [0, 0.05) is 0 Å². The maximum absolute atomic E-state index is 11.9. The van der Waals surface area contributed by atoms with Crippen LogP contribution in [0, 0.1) is 0 Å². The first kappa shape index (κ1) is 17.2. The molecule has 1 atom stereocenters. The Labute approximate surface area is 113 Å². The number of halogens is 1. The Kier molecular flexibility index (Phi) is 9.25. The minimum absolute atomic E-state index is 0.225. The lowest BCUT2D eigenvalue weighted by Gasteiger charge is -2.18. The summed E-state index contributed by atoms with van der Waals surface area (Å²) in [7, 11) is -1.68. The largest absolute Gasteiger partial charge is 0.304 e. The molecule has 0 radical (unpaired) electrons. The molecule has 1 unspecified atom stereocenters. The van der Waals surface area contributed by atoms with Crippen LogP contribution in [0.1, 0.15) is 58.3 Å². The molecule has 102 valence electrons. The van der Waals surface area contributed by atoms with Gasteiger partial charge in [0.25, 0.3) is 0 Å². The van der Waals surface area contributed by atoms with E-state index in [0.29, 0.717) is 5.41 Å². The number of rotatable bonds is 10. The maximum atomic E-state index is 11.9. The fourth-order valence-electron chi connectivity index (χ4n) is 1.88. The molecule has 0 spiro atoms. The smallest absolute Gasteiger partial charge is 0.128 e. The second kappa shape index (κ2) is 9.15. The van der Waals surface area contributed by atoms with Gasteiger partial charge in [-0.05, 0) is 6.42 Å². The van der Waals surface area contributed by atoms with Gasteiger partial charge in [0.2, 0.25) is 0 Å². The summed E-state index contributed by atoms with van der Waals surface area (Å²) in [6.07, 6.45) is 9.85. The Morgan fingerprint density at radius 2 is 1.47 bits per heavy atom. The van der Waals surface area contributed by atoms with Crippen LogP contribution in [0.15, 0.2) is 0 Å². The molecule has 17 heavy (non-hydrogen) atoms. The van der Waals surface area contributed by atoms with Crippen LogP contribution >= 0.6 is 11.6 Å². The third kappa shape index (κ3) is 8.84. The van der Waals surface area contributed by atoms with Crippen molar-refractivity contribution in [2.24, 2.45) is 0 Å². The van der Waals surface area contributed by atoms with Gasteiger partial charge in [0.15, 0.2) is 0 Å². The molecule has 1 nitrogen and oxygen atoms in total. The lowest BCUT2D eigenvalue weighted by molar-refractivity contribution is -0.112. The molecule has 0 fully saturated rings. The zero-order valence-electron chi connectivity index (χ0n) is 12.0. The summed E-state index contributed by atoms with van der Waals surface area (Å²) in [5.74, 6) is 0. The SMILES string of the molecule is CCCCCCCCCC(Cl)C(=O)[Si](C)(C)C. The van der Waals surface area contributed by atoms with E-state index in [4.69, 9.17) is 11.6 Å². The number of hydrogen-bond donors (Lipinski definition) is 0. The van der Waals surface area contributed by atoms with Crippen LogP contribution in [-0.2, 0) is 4.79 Å². The van der Waals surface area contributed by atoms with Crippen molar-refractivity contribution in [3.05, 3.63) is 0 Å². The van der Waals surface area contributed by atoms with Crippen LogP contribution in [-0.4, -0.2) is 18.9 Å². The minimum Gasteiger partial charge on any atom is -0.304 e. The van der Waals surface area contributed by atoms with Gasteiger partial charge in [-0.1, -0.05) is 71.5 Å². The summed E-state index contributed by atoms with van der Waals surface area (Å²) < 4.78 is 0. The van der Waals surface area contributed by atoms with Gasteiger partial charge in [-0.25, -0.2) is 0 Å². The normalized spacial score (nSPS) is 13.7. The average molecular weight is 277 g/mol. The molecule has 0 aromatic heterocycles. The minimum atomic E-state index is -1.68. The zero-order valence-corrected chi connectivity index (χ0v) is 13.8. The van der Waals surface area contributed by atoms with Crippen molar-refractivity contribution in [1.82, 2.24) is 0 Å². The van der Waals surface area contributed by atoms with E-state index in [9.17, 15) is 4.79 Å². The summed E-state index contributed by atoms with van der Waals surface area (Å²) in [4.78, 5) is 11.9. The van der Waals surface area contributed by atoms with E-state index < -0.39 is 8.07 Å². The lowest BCUT2D eigenvalue weighted by Crippen LogP contribution is -2.39. The van der Waals surface area contributed by atoms with Gasteiger partial charge in [0.05, 0.1) is 5.38 Å². The van der Waals surface area contributed by atoms with Crippen molar-refractivity contribution in [3.8, 4) is 0 Å². The van der Waals surface area contributed by atoms with Gasteiger partial charge in [-0.3, -0.25) is 0 Å². The van der Waals surface area contributed by atoms with Crippen molar-refractivity contribution in [1.29, 1.82) is 0 Å². The molecule has 0 saturated carbocycles. The molecule has 0 amide bonds. The highest BCUT2D eigenvalue weighted by atomic mass is 35.5. The van der Waals surface area contributed by atoms with E-state index in [1.807, 2.05) is 0 Å². The Morgan fingerprint density at radius 3 is 1.94 bits per heavy atom. The van der Waals surface area contributed by atoms with Crippen LogP contribution in [0.3, 0.4) is 0 Å². The van der Waals surface area contributed by atoms with Crippen LogP contribution in [0.25, 0.3) is 0 Å². The van der Waals surface area contributed by atoms with Crippen LogP contribution < -0.4 is 0 Å². The maximum Gasteiger partial charge on any atom is 0.128 e. The van der Waals surface area contributed by atoms with Crippen molar-refractivity contribution in [3.63, 3.8) is 0 Å². The van der Waals surface area contributed by atoms with Gasteiger partial charge in [-0.15, -0.1) is 11.6 Å². The molecule has 0 aliphatic heterocycles. The van der Waals surface area contributed by atoms with E-state index in [0.717, 1.165) is 12.8 Å². The van der Waals surface area contributed by atoms with Crippen molar-refractivity contribution in [2.45, 2.75) is 83.3 Å². The standard InChI is InChI=1S/C14H29ClOSi/c1-5-6-7-8-9-10-11-12-13(15)14(16)17(2,3)4/h13H,5-12H2,1-4H3. The van der Waals surface area contributed by atoms with Gasteiger partial charge >= 0.3 is 0 Å².